The summed E-state index contributed by atoms with van der Waals surface area (Å²) >= 11 is 0. The SMILES string of the molecule is O=C(CCCCCCCC(=O)NN=Cc1ccccc1[N+](=O)[O-])NN=Cc1ccccc1[N+](=O)[O-]. The number of nitro benzene ring substituents is 2. The zero-order valence-electron chi connectivity index (χ0n) is 19.0. The lowest BCUT2D eigenvalue weighted by atomic mass is 10.1. The van der Waals surface area contributed by atoms with E-state index in [0.29, 0.717) is 24.0 Å². The zero-order chi connectivity index (χ0) is 25.5. The quantitative estimate of drug-likeness (QED) is 0.179. The van der Waals surface area contributed by atoms with Crippen molar-refractivity contribution in [1.29, 1.82) is 0 Å². The van der Waals surface area contributed by atoms with Gasteiger partial charge in [-0.2, -0.15) is 10.2 Å². The Bertz CT molecular complexity index is 1020. The summed E-state index contributed by atoms with van der Waals surface area (Å²) in [5, 5.41) is 29.4. The highest BCUT2D eigenvalue weighted by Gasteiger charge is 2.11. The lowest BCUT2D eigenvalue weighted by Gasteiger charge is -2.02. The summed E-state index contributed by atoms with van der Waals surface area (Å²) in [6, 6.07) is 12.2. The number of benzene rings is 2. The van der Waals surface area contributed by atoms with Crippen LogP contribution in [0.15, 0.2) is 58.7 Å². The lowest BCUT2D eigenvalue weighted by Crippen LogP contribution is -2.17. The van der Waals surface area contributed by atoms with E-state index in [0.717, 1.165) is 19.3 Å². The molecule has 2 rings (SSSR count). The van der Waals surface area contributed by atoms with Gasteiger partial charge in [0, 0.05) is 25.0 Å². The van der Waals surface area contributed by atoms with Gasteiger partial charge < -0.3 is 0 Å². The van der Waals surface area contributed by atoms with Gasteiger partial charge in [-0.25, -0.2) is 10.9 Å². The molecule has 184 valence electrons. The summed E-state index contributed by atoms with van der Waals surface area (Å²) in [7, 11) is 0. The zero-order valence-corrected chi connectivity index (χ0v) is 19.0. The van der Waals surface area contributed by atoms with Gasteiger partial charge >= 0.3 is 0 Å². The van der Waals surface area contributed by atoms with E-state index in [4.69, 9.17) is 0 Å². The molecule has 0 heterocycles. The Morgan fingerprint density at radius 2 is 1.06 bits per heavy atom. The Kier molecular flexibility index (Phi) is 11.2. The van der Waals surface area contributed by atoms with Crippen molar-refractivity contribution < 1.29 is 19.4 Å². The van der Waals surface area contributed by atoms with Crippen LogP contribution in [-0.4, -0.2) is 34.1 Å². The molecule has 0 saturated heterocycles. The van der Waals surface area contributed by atoms with E-state index < -0.39 is 9.85 Å². The van der Waals surface area contributed by atoms with E-state index in [1.165, 1.54) is 36.7 Å². The van der Waals surface area contributed by atoms with Crippen molar-refractivity contribution in [3.63, 3.8) is 0 Å². The van der Waals surface area contributed by atoms with E-state index in [1.807, 2.05) is 0 Å². The summed E-state index contributed by atoms with van der Waals surface area (Å²) in [5.41, 5.74) is 5.14. The summed E-state index contributed by atoms with van der Waals surface area (Å²) < 4.78 is 0. The Hall–Kier alpha value is -4.48. The highest BCUT2D eigenvalue weighted by atomic mass is 16.6. The molecule has 12 nitrogen and oxygen atoms in total. The third-order valence-electron chi connectivity index (χ3n) is 4.86. The van der Waals surface area contributed by atoms with Crippen molar-refractivity contribution in [2.45, 2.75) is 44.9 Å². The number of hydrazone groups is 2. The van der Waals surface area contributed by atoms with Gasteiger partial charge in [0.05, 0.1) is 33.4 Å². The summed E-state index contributed by atoms with van der Waals surface area (Å²) in [6.07, 6.45) is 6.79. The maximum atomic E-state index is 11.8. The molecule has 2 aromatic carbocycles. The molecule has 0 radical (unpaired) electrons. The predicted molar refractivity (Wildman–Crippen MR) is 130 cm³/mol. The minimum atomic E-state index is -0.515. The van der Waals surface area contributed by atoms with Crippen molar-refractivity contribution in [3.8, 4) is 0 Å². The van der Waals surface area contributed by atoms with Crippen LogP contribution in [0.5, 0.6) is 0 Å². The van der Waals surface area contributed by atoms with Crippen molar-refractivity contribution in [2.75, 3.05) is 0 Å². The number of carbonyl (C=O) groups excluding carboxylic acids is 2. The Balaban J connectivity index is 1.55. The summed E-state index contributed by atoms with van der Waals surface area (Å²) in [5.74, 6) is -0.563. The molecule has 0 aliphatic rings. The normalized spacial score (nSPS) is 11.0. The second-order valence-corrected chi connectivity index (χ2v) is 7.49. The van der Waals surface area contributed by atoms with Crippen molar-refractivity contribution >= 4 is 35.6 Å². The molecule has 0 bridgehead atoms. The fourth-order valence-corrected chi connectivity index (χ4v) is 3.09. The number of amides is 2. The van der Waals surface area contributed by atoms with Crippen LogP contribution in [0.2, 0.25) is 0 Å². The smallest absolute Gasteiger partial charge is 0.273 e. The van der Waals surface area contributed by atoms with Crippen LogP contribution in [0, 0.1) is 20.2 Å². The van der Waals surface area contributed by atoms with Gasteiger partial charge in [-0.1, -0.05) is 43.5 Å². The molecule has 0 atom stereocenters. The topological polar surface area (TPSA) is 169 Å². The number of nitrogens with zero attached hydrogens (tertiary/aromatic N) is 4. The molecular weight excluding hydrogens is 456 g/mol. The van der Waals surface area contributed by atoms with E-state index in [2.05, 4.69) is 21.1 Å². The Labute approximate surface area is 201 Å². The van der Waals surface area contributed by atoms with Gasteiger partial charge in [0.1, 0.15) is 0 Å². The van der Waals surface area contributed by atoms with Gasteiger partial charge in [0.15, 0.2) is 0 Å². The van der Waals surface area contributed by atoms with Gasteiger partial charge in [-0.05, 0) is 25.0 Å². The minimum absolute atomic E-state index is 0.0915. The van der Waals surface area contributed by atoms with Crippen molar-refractivity contribution in [2.24, 2.45) is 10.2 Å². The number of unbranched alkanes of at least 4 members (excludes halogenated alkanes) is 4. The van der Waals surface area contributed by atoms with Gasteiger partial charge in [-0.15, -0.1) is 0 Å². The van der Waals surface area contributed by atoms with Gasteiger partial charge in [0.2, 0.25) is 11.8 Å². The average Bonchev–Trinajstić information content (AvgIpc) is 2.84. The Morgan fingerprint density at radius 3 is 1.46 bits per heavy atom. The molecule has 2 aromatic rings. The third kappa shape index (κ3) is 9.90. The third-order valence-corrected chi connectivity index (χ3v) is 4.86. The Morgan fingerprint density at radius 1 is 0.686 bits per heavy atom. The highest BCUT2D eigenvalue weighted by Crippen LogP contribution is 2.16. The first-order chi connectivity index (χ1) is 16.9. The predicted octanol–water partition coefficient (Wildman–Crippen LogP) is 3.83. The first kappa shape index (κ1) is 26.8. The second kappa shape index (κ2) is 14.6. The summed E-state index contributed by atoms with van der Waals surface area (Å²) in [4.78, 5) is 44.5. The second-order valence-electron chi connectivity index (χ2n) is 7.49. The standard InChI is InChI=1S/C23H26N6O6/c30-22(26-24-16-18-10-6-8-12-20(18)28(32)33)14-4-2-1-3-5-15-23(31)27-25-17-19-11-7-9-13-21(19)29(34)35/h6-13,16-17H,1-5,14-15H2,(H,26,30)(H,27,31). The van der Waals surface area contributed by atoms with Gasteiger partial charge in [-0.3, -0.25) is 29.8 Å². The van der Waals surface area contributed by atoms with E-state index in [-0.39, 0.29) is 36.0 Å². The molecule has 0 spiro atoms. The molecular formula is C23H26N6O6. The van der Waals surface area contributed by atoms with Crippen LogP contribution in [0.3, 0.4) is 0 Å². The first-order valence-electron chi connectivity index (χ1n) is 11.0. The van der Waals surface area contributed by atoms with Crippen LogP contribution >= 0.6 is 0 Å². The molecule has 35 heavy (non-hydrogen) atoms. The molecule has 0 fully saturated rings. The molecule has 0 saturated carbocycles. The van der Waals surface area contributed by atoms with Crippen LogP contribution in [-0.2, 0) is 9.59 Å². The molecule has 2 amide bonds. The molecule has 12 heteroatoms. The fraction of sp³-hybridized carbons (Fsp3) is 0.304. The largest absolute Gasteiger partial charge is 0.278 e. The lowest BCUT2D eigenvalue weighted by molar-refractivity contribution is -0.385. The van der Waals surface area contributed by atoms with Gasteiger partial charge in [0.25, 0.3) is 11.4 Å². The first-order valence-corrected chi connectivity index (χ1v) is 11.0. The molecule has 0 aliphatic heterocycles. The number of hydrogen-bond donors (Lipinski definition) is 2. The molecule has 0 unspecified atom stereocenters. The highest BCUT2D eigenvalue weighted by molar-refractivity contribution is 5.87. The van der Waals surface area contributed by atoms with Crippen LogP contribution in [0.4, 0.5) is 11.4 Å². The van der Waals surface area contributed by atoms with Crippen LogP contribution in [0.1, 0.15) is 56.1 Å². The average molecular weight is 482 g/mol. The fourth-order valence-electron chi connectivity index (χ4n) is 3.09. The molecule has 2 N–H and O–H groups in total. The maximum Gasteiger partial charge on any atom is 0.278 e. The minimum Gasteiger partial charge on any atom is -0.273 e. The number of nitro groups is 2. The van der Waals surface area contributed by atoms with Crippen molar-refractivity contribution in [1.82, 2.24) is 10.9 Å². The number of para-hydroxylation sites is 2. The number of carbonyl (C=O) groups is 2. The summed E-state index contributed by atoms with van der Waals surface area (Å²) in [6.45, 7) is 0. The van der Waals surface area contributed by atoms with E-state index in [1.54, 1.807) is 24.3 Å². The maximum absolute atomic E-state index is 11.8. The van der Waals surface area contributed by atoms with Crippen LogP contribution in [0.25, 0.3) is 0 Å². The van der Waals surface area contributed by atoms with E-state index in [9.17, 15) is 29.8 Å². The molecule has 0 aromatic heterocycles. The van der Waals surface area contributed by atoms with Crippen molar-refractivity contribution in [3.05, 3.63) is 79.9 Å². The monoisotopic (exact) mass is 482 g/mol. The van der Waals surface area contributed by atoms with E-state index >= 15 is 0 Å². The number of hydrogen-bond acceptors (Lipinski definition) is 8. The number of nitrogens with one attached hydrogen (secondary N) is 2. The van der Waals surface area contributed by atoms with Crippen LogP contribution < -0.4 is 10.9 Å². The number of rotatable bonds is 14. The molecule has 0 aliphatic carbocycles.